The Morgan fingerprint density at radius 3 is 2.56 bits per heavy atom. The van der Waals surface area contributed by atoms with E-state index in [4.69, 9.17) is 5.11 Å². The summed E-state index contributed by atoms with van der Waals surface area (Å²) in [5.74, 6) is -3.38. The van der Waals surface area contributed by atoms with Gasteiger partial charge < -0.3 is 10.4 Å². The van der Waals surface area contributed by atoms with Gasteiger partial charge in [0.25, 0.3) is 0 Å². The van der Waals surface area contributed by atoms with Crippen molar-refractivity contribution in [2.75, 3.05) is 6.54 Å². The molecule has 0 spiro atoms. The highest BCUT2D eigenvalue weighted by atomic mass is 19.1. The Hall–Kier alpha value is -1.98. The van der Waals surface area contributed by atoms with E-state index < -0.39 is 30.1 Å². The van der Waals surface area contributed by atoms with Gasteiger partial charge in [0.1, 0.15) is 18.2 Å². The Morgan fingerprint density at radius 1 is 1.31 bits per heavy atom. The lowest BCUT2D eigenvalue weighted by molar-refractivity contribution is -0.137. The summed E-state index contributed by atoms with van der Waals surface area (Å²) in [5.41, 5.74) is 0.0179. The Bertz CT molecular complexity index is 421. The summed E-state index contributed by atoms with van der Waals surface area (Å²) in [6.07, 6.45) is -0.320. The Kier molecular flexibility index (Phi) is 3.93. The molecule has 0 aliphatic carbocycles. The fraction of sp³-hybridized carbons (Fsp3) is 0.200. The van der Waals surface area contributed by atoms with Crippen molar-refractivity contribution in [1.29, 1.82) is 0 Å². The molecule has 2 N–H and O–H groups in total. The van der Waals surface area contributed by atoms with Crippen LogP contribution in [0.1, 0.15) is 5.56 Å². The van der Waals surface area contributed by atoms with E-state index in [1.165, 1.54) is 0 Å². The SMILES string of the molecule is O=C(O)CNC(=O)Cc1ccc(F)cc1F. The quantitative estimate of drug-likeness (QED) is 0.799. The number of hydrogen-bond donors (Lipinski definition) is 2. The van der Waals surface area contributed by atoms with Crippen molar-refractivity contribution in [3.63, 3.8) is 0 Å². The van der Waals surface area contributed by atoms with Gasteiger partial charge in [0.05, 0.1) is 6.42 Å². The van der Waals surface area contributed by atoms with E-state index in [9.17, 15) is 18.4 Å². The maximum atomic E-state index is 13.1. The van der Waals surface area contributed by atoms with E-state index in [1.807, 2.05) is 0 Å². The van der Waals surface area contributed by atoms with Crippen molar-refractivity contribution < 1.29 is 23.5 Å². The molecule has 1 aromatic rings. The summed E-state index contributed by atoms with van der Waals surface area (Å²) in [7, 11) is 0. The number of carboxylic acids is 1. The van der Waals surface area contributed by atoms with E-state index in [-0.39, 0.29) is 12.0 Å². The van der Waals surface area contributed by atoms with Crippen LogP contribution in [-0.4, -0.2) is 23.5 Å². The lowest BCUT2D eigenvalue weighted by atomic mass is 10.1. The summed E-state index contributed by atoms with van der Waals surface area (Å²) in [6, 6.07) is 2.84. The number of carbonyl (C=O) groups is 2. The molecule has 86 valence electrons. The third-order valence-corrected chi connectivity index (χ3v) is 1.80. The van der Waals surface area contributed by atoms with Crippen molar-refractivity contribution in [3.8, 4) is 0 Å². The molecule has 0 atom stereocenters. The first kappa shape index (κ1) is 12.1. The lowest BCUT2D eigenvalue weighted by Gasteiger charge is -2.03. The van der Waals surface area contributed by atoms with Gasteiger partial charge in [0.2, 0.25) is 5.91 Å². The number of halogens is 2. The highest BCUT2D eigenvalue weighted by Crippen LogP contribution is 2.09. The van der Waals surface area contributed by atoms with Crippen LogP contribution in [0.3, 0.4) is 0 Å². The fourth-order valence-corrected chi connectivity index (χ4v) is 1.07. The molecule has 1 rings (SSSR count). The van der Waals surface area contributed by atoms with Gasteiger partial charge >= 0.3 is 5.97 Å². The number of aliphatic carboxylic acids is 1. The molecule has 0 radical (unpaired) electrons. The average molecular weight is 229 g/mol. The molecule has 16 heavy (non-hydrogen) atoms. The molecule has 0 saturated carbocycles. The number of nitrogens with one attached hydrogen (secondary N) is 1. The largest absolute Gasteiger partial charge is 0.480 e. The van der Waals surface area contributed by atoms with Gasteiger partial charge in [-0.15, -0.1) is 0 Å². The highest BCUT2D eigenvalue weighted by Gasteiger charge is 2.09. The van der Waals surface area contributed by atoms with Crippen LogP contribution in [0.25, 0.3) is 0 Å². The molecular formula is C10H9F2NO3. The number of benzene rings is 1. The summed E-state index contributed by atoms with van der Waals surface area (Å²) >= 11 is 0. The topological polar surface area (TPSA) is 66.4 Å². The van der Waals surface area contributed by atoms with Crippen molar-refractivity contribution in [1.82, 2.24) is 5.32 Å². The molecule has 0 bridgehead atoms. The minimum Gasteiger partial charge on any atom is -0.480 e. The minimum atomic E-state index is -1.19. The first-order valence-corrected chi connectivity index (χ1v) is 4.41. The predicted molar refractivity (Wildman–Crippen MR) is 50.7 cm³/mol. The van der Waals surface area contributed by atoms with Gasteiger partial charge in [0, 0.05) is 6.07 Å². The van der Waals surface area contributed by atoms with Crippen LogP contribution in [0.4, 0.5) is 8.78 Å². The lowest BCUT2D eigenvalue weighted by Crippen LogP contribution is -2.30. The monoisotopic (exact) mass is 229 g/mol. The molecule has 4 nitrogen and oxygen atoms in total. The standard InChI is InChI=1S/C10H9F2NO3/c11-7-2-1-6(8(12)4-7)3-9(14)13-5-10(15)16/h1-2,4H,3,5H2,(H,13,14)(H,15,16). The second-order valence-electron chi connectivity index (χ2n) is 3.08. The first-order chi connectivity index (χ1) is 7.49. The minimum absolute atomic E-state index is 0.0179. The third-order valence-electron chi connectivity index (χ3n) is 1.80. The number of rotatable bonds is 4. The fourth-order valence-electron chi connectivity index (χ4n) is 1.07. The van der Waals surface area contributed by atoms with Crippen LogP contribution in [0.15, 0.2) is 18.2 Å². The summed E-state index contributed by atoms with van der Waals surface area (Å²) in [6.45, 7) is -0.526. The highest BCUT2D eigenvalue weighted by molar-refractivity contribution is 5.82. The van der Waals surface area contributed by atoms with Crippen LogP contribution < -0.4 is 5.32 Å². The van der Waals surface area contributed by atoms with Gasteiger partial charge in [-0.25, -0.2) is 8.78 Å². The molecule has 0 fully saturated rings. The predicted octanol–water partition coefficient (Wildman–Crippen LogP) is 0.708. The maximum absolute atomic E-state index is 13.1. The van der Waals surface area contributed by atoms with E-state index in [2.05, 4.69) is 5.32 Å². The second-order valence-corrected chi connectivity index (χ2v) is 3.08. The van der Waals surface area contributed by atoms with Crippen molar-refractivity contribution >= 4 is 11.9 Å². The van der Waals surface area contributed by atoms with Crippen molar-refractivity contribution in [2.24, 2.45) is 0 Å². The number of amides is 1. The van der Waals surface area contributed by atoms with E-state index >= 15 is 0 Å². The third kappa shape index (κ3) is 3.64. The number of carbonyl (C=O) groups excluding carboxylic acids is 1. The zero-order valence-electron chi connectivity index (χ0n) is 8.17. The molecular weight excluding hydrogens is 220 g/mol. The van der Waals surface area contributed by atoms with Crippen molar-refractivity contribution in [2.45, 2.75) is 6.42 Å². The Morgan fingerprint density at radius 2 is 2.00 bits per heavy atom. The van der Waals surface area contributed by atoms with Gasteiger partial charge in [0.15, 0.2) is 0 Å². The van der Waals surface area contributed by atoms with Crippen LogP contribution >= 0.6 is 0 Å². The molecule has 0 aromatic heterocycles. The number of hydrogen-bond acceptors (Lipinski definition) is 2. The molecule has 1 amide bonds. The Labute approximate surface area is 89.9 Å². The van der Waals surface area contributed by atoms with E-state index in [0.717, 1.165) is 12.1 Å². The average Bonchev–Trinajstić information content (AvgIpc) is 2.19. The molecule has 6 heteroatoms. The van der Waals surface area contributed by atoms with Crippen LogP contribution in [-0.2, 0) is 16.0 Å². The van der Waals surface area contributed by atoms with Crippen LogP contribution in [0.5, 0.6) is 0 Å². The summed E-state index contributed by atoms with van der Waals surface area (Å²) < 4.78 is 25.6. The normalized spacial score (nSPS) is 9.88. The summed E-state index contributed by atoms with van der Waals surface area (Å²) in [5, 5.41) is 10.4. The first-order valence-electron chi connectivity index (χ1n) is 4.41. The molecule has 1 aromatic carbocycles. The maximum Gasteiger partial charge on any atom is 0.322 e. The second kappa shape index (κ2) is 5.20. The van der Waals surface area contributed by atoms with Gasteiger partial charge in [-0.1, -0.05) is 6.07 Å². The number of carboxylic acid groups (broad SMARTS) is 1. The molecule has 0 heterocycles. The molecule has 0 aliphatic rings. The van der Waals surface area contributed by atoms with E-state index in [1.54, 1.807) is 0 Å². The zero-order chi connectivity index (χ0) is 12.1. The smallest absolute Gasteiger partial charge is 0.322 e. The van der Waals surface area contributed by atoms with Gasteiger partial charge in [-0.3, -0.25) is 9.59 Å². The summed E-state index contributed by atoms with van der Waals surface area (Å²) in [4.78, 5) is 21.2. The molecule has 0 unspecified atom stereocenters. The van der Waals surface area contributed by atoms with Crippen molar-refractivity contribution in [3.05, 3.63) is 35.4 Å². The van der Waals surface area contributed by atoms with E-state index in [0.29, 0.717) is 6.07 Å². The van der Waals surface area contributed by atoms with Gasteiger partial charge in [-0.05, 0) is 11.6 Å². The Balaban J connectivity index is 2.59. The molecule has 0 aliphatic heterocycles. The van der Waals surface area contributed by atoms with Crippen LogP contribution in [0, 0.1) is 11.6 Å². The zero-order valence-corrected chi connectivity index (χ0v) is 8.17. The van der Waals surface area contributed by atoms with Crippen LogP contribution in [0.2, 0.25) is 0 Å². The molecule has 0 saturated heterocycles. The van der Waals surface area contributed by atoms with Gasteiger partial charge in [-0.2, -0.15) is 0 Å².